The van der Waals surface area contributed by atoms with Gasteiger partial charge in [-0.05, 0) is 43.0 Å². The summed E-state index contributed by atoms with van der Waals surface area (Å²) >= 11 is 1.75. The van der Waals surface area contributed by atoms with E-state index < -0.39 is 6.09 Å². The number of nitrogens with one attached hydrogen (secondary N) is 1. The molecule has 2 aromatic rings. The number of aryl methyl sites for hydroxylation is 2. The second-order valence-electron chi connectivity index (χ2n) is 4.02. The average Bonchev–Trinajstić information content (AvgIpc) is 2.60. The summed E-state index contributed by atoms with van der Waals surface area (Å²) in [5.41, 5.74) is 1.31. The molecule has 1 heterocycles. The van der Waals surface area contributed by atoms with Crippen molar-refractivity contribution in [2.24, 2.45) is 0 Å². The number of fused-ring (bicyclic) bond motifs is 1. The summed E-state index contributed by atoms with van der Waals surface area (Å²) < 4.78 is 6.70. The van der Waals surface area contributed by atoms with Crippen LogP contribution in [0, 0.1) is 13.8 Å². The van der Waals surface area contributed by atoms with Crippen LogP contribution in [0.3, 0.4) is 0 Å². The van der Waals surface area contributed by atoms with Crippen LogP contribution < -0.4 is 10.1 Å². The number of carbonyl (C=O) groups is 1. The number of rotatable bonds is 4. The highest BCUT2D eigenvalue weighted by molar-refractivity contribution is 7.19. The number of hydrogen-bond acceptors (Lipinski definition) is 3. The largest absolute Gasteiger partial charge is 0.492 e. The van der Waals surface area contributed by atoms with Crippen LogP contribution >= 0.6 is 11.3 Å². The summed E-state index contributed by atoms with van der Waals surface area (Å²) in [5, 5.41) is 11.9. The Bertz CT molecular complexity index is 577. The molecule has 2 rings (SSSR count). The molecule has 96 valence electrons. The molecule has 5 heteroatoms. The third-order valence-electron chi connectivity index (χ3n) is 2.80. The third-order valence-corrected chi connectivity index (χ3v) is 3.97. The van der Waals surface area contributed by atoms with Gasteiger partial charge in [0.25, 0.3) is 0 Å². The minimum absolute atomic E-state index is 0.288. The Hall–Kier alpha value is -1.75. The Morgan fingerprint density at radius 3 is 2.94 bits per heavy atom. The summed E-state index contributed by atoms with van der Waals surface area (Å²) in [7, 11) is 0. The van der Waals surface area contributed by atoms with Gasteiger partial charge >= 0.3 is 6.09 Å². The zero-order valence-electron chi connectivity index (χ0n) is 10.3. The second kappa shape index (κ2) is 5.27. The van der Waals surface area contributed by atoms with Crippen molar-refractivity contribution in [1.29, 1.82) is 0 Å². The van der Waals surface area contributed by atoms with Gasteiger partial charge in [-0.2, -0.15) is 0 Å². The normalized spacial score (nSPS) is 10.6. The van der Waals surface area contributed by atoms with E-state index in [2.05, 4.69) is 19.2 Å². The molecule has 4 nitrogen and oxygen atoms in total. The maximum Gasteiger partial charge on any atom is 0.404 e. The topological polar surface area (TPSA) is 58.6 Å². The predicted molar refractivity (Wildman–Crippen MR) is 72.8 cm³/mol. The highest BCUT2D eigenvalue weighted by atomic mass is 32.1. The highest BCUT2D eigenvalue weighted by Crippen LogP contribution is 2.32. The van der Waals surface area contributed by atoms with Crippen molar-refractivity contribution >= 4 is 27.5 Å². The van der Waals surface area contributed by atoms with E-state index in [-0.39, 0.29) is 6.54 Å². The van der Waals surface area contributed by atoms with Gasteiger partial charge in [-0.1, -0.05) is 0 Å². The van der Waals surface area contributed by atoms with Crippen LogP contribution in [-0.2, 0) is 0 Å². The minimum atomic E-state index is -1.03. The lowest BCUT2D eigenvalue weighted by Gasteiger charge is -2.06. The SMILES string of the molecule is Cc1sc2cc(OCCNC(=O)O)ccc2c1C. The van der Waals surface area contributed by atoms with Gasteiger partial charge < -0.3 is 15.2 Å². The van der Waals surface area contributed by atoms with Crippen molar-refractivity contribution in [3.05, 3.63) is 28.6 Å². The summed E-state index contributed by atoms with van der Waals surface area (Å²) in [6.45, 7) is 4.85. The number of ether oxygens (including phenoxy) is 1. The number of thiophene rings is 1. The molecule has 1 aromatic heterocycles. The van der Waals surface area contributed by atoms with Crippen LogP contribution in [0.2, 0.25) is 0 Å². The lowest BCUT2D eigenvalue weighted by Crippen LogP contribution is -2.26. The maximum absolute atomic E-state index is 10.3. The van der Waals surface area contributed by atoms with Crippen molar-refractivity contribution in [3.63, 3.8) is 0 Å². The van der Waals surface area contributed by atoms with E-state index >= 15 is 0 Å². The molecule has 0 saturated heterocycles. The Morgan fingerprint density at radius 1 is 1.44 bits per heavy atom. The zero-order valence-corrected chi connectivity index (χ0v) is 11.1. The van der Waals surface area contributed by atoms with Gasteiger partial charge in [0.05, 0.1) is 6.54 Å². The Morgan fingerprint density at radius 2 is 2.22 bits per heavy atom. The fraction of sp³-hybridized carbons (Fsp3) is 0.308. The van der Waals surface area contributed by atoms with E-state index in [1.54, 1.807) is 11.3 Å². The van der Waals surface area contributed by atoms with Crippen LogP contribution in [0.1, 0.15) is 10.4 Å². The molecular weight excluding hydrogens is 250 g/mol. The summed E-state index contributed by atoms with van der Waals surface area (Å²) in [5.74, 6) is 0.774. The molecule has 0 aliphatic rings. The van der Waals surface area contributed by atoms with Gasteiger partial charge in [-0.25, -0.2) is 4.79 Å². The van der Waals surface area contributed by atoms with Crippen LogP contribution in [0.15, 0.2) is 18.2 Å². The molecule has 0 spiro atoms. The molecule has 2 N–H and O–H groups in total. The Balaban J connectivity index is 2.04. The molecule has 0 saturated carbocycles. The first-order valence-electron chi connectivity index (χ1n) is 5.67. The molecule has 1 aromatic carbocycles. The molecule has 0 bridgehead atoms. The van der Waals surface area contributed by atoms with Crippen molar-refractivity contribution in [2.45, 2.75) is 13.8 Å². The highest BCUT2D eigenvalue weighted by Gasteiger charge is 2.06. The Kier molecular flexibility index (Phi) is 3.72. The van der Waals surface area contributed by atoms with E-state index in [9.17, 15) is 4.79 Å². The molecule has 1 amide bonds. The van der Waals surface area contributed by atoms with Gasteiger partial charge in [-0.15, -0.1) is 11.3 Å². The second-order valence-corrected chi connectivity index (χ2v) is 5.28. The maximum atomic E-state index is 10.3. The van der Waals surface area contributed by atoms with Gasteiger partial charge in [0.2, 0.25) is 0 Å². The third kappa shape index (κ3) is 2.73. The predicted octanol–water partition coefficient (Wildman–Crippen LogP) is 3.16. The van der Waals surface area contributed by atoms with Crippen molar-refractivity contribution in [2.75, 3.05) is 13.2 Å². The molecule has 0 fully saturated rings. The van der Waals surface area contributed by atoms with Crippen LogP contribution in [0.4, 0.5) is 4.79 Å². The fourth-order valence-corrected chi connectivity index (χ4v) is 2.84. The quantitative estimate of drug-likeness (QED) is 0.835. The standard InChI is InChI=1S/C13H15NO3S/c1-8-9(2)18-12-7-10(3-4-11(8)12)17-6-5-14-13(15)16/h3-4,7,14H,5-6H2,1-2H3,(H,15,16). The molecule has 0 aliphatic heterocycles. The minimum Gasteiger partial charge on any atom is -0.492 e. The average molecular weight is 265 g/mol. The number of carboxylic acid groups (broad SMARTS) is 1. The zero-order chi connectivity index (χ0) is 13.1. The number of benzene rings is 1. The number of hydrogen-bond donors (Lipinski definition) is 2. The molecular formula is C13H15NO3S. The van der Waals surface area contributed by atoms with E-state index in [4.69, 9.17) is 9.84 Å². The first kappa shape index (κ1) is 12.7. The molecule has 0 radical (unpaired) electrons. The number of amides is 1. The van der Waals surface area contributed by atoms with E-state index in [0.717, 1.165) is 5.75 Å². The monoisotopic (exact) mass is 265 g/mol. The smallest absolute Gasteiger partial charge is 0.404 e. The fourth-order valence-electron chi connectivity index (χ4n) is 1.74. The van der Waals surface area contributed by atoms with Gasteiger partial charge in [0, 0.05) is 9.58 Å². The van der Waals surface area contributed by atoms with Gasteiger partial charge in [0.1, 0.15) is 12.4 Å². The molecule has 18 heavy (non-hydrogen) atoms. The lowest BCUT2D eigenvalue weighted by atomic mass is 10.1. The van der Waals surface area contributed by atoms with Crippen molar-refractivity contribution < 1.29 is 14.6 Å². The summed E-state index contributed by atoms with van der Waals surface area (Å²) in [6, 6.07) is 5.97. The van der Waals surface area contributed by atoms with E-state index in [0.29, 0.717) is 6.61 Å². The van der Waals surface area contributed by atoms with Gasteiger partial charge in [-0.3, -0.25) is 0 Å². The van der Waals surface area contributed by atoms with Gasteiger partial charge in [0.15, 0.2) is 0 Å². The van der Waals surface area contributed by atoms with Crippen LogP contribution in [0.5, 0.6) is 5.75 Å². The van der Waals surface area contributed by atoms with E-state index in [1.807, 2.05) is 18.2 Å². The van der Waals surface area contributed by atoms with Crippen LogP contribution in [0.25, 0.3) is 10.1 Å². The summed E-state index contributed by atoms with van der Waals surface area (Å²) in [4.78, 5) is 11.6. The Labute approximate surface area is 109 Å². The summed E-state index contributed by atoms with van der Waals surface area (Å²) in [6.07, 6.45) is -1.03. The molecule has 0 unspecified atom stereocenters. The van der Waals surface area contributed by atoms with Crippen LogP contribution in [-0.4, -0.2) is 24.4 Å². The van der Waals surface area contributed by atoms with E-state index in [1.165, 1.54) is 20.5 Å². The molecule has 0 aliphatic carbocycles. The first-order chi connectivity index (χ1) is 8.58. The molecule has 0 atom stereocenters. The first-order valence-corrected chi connectivity index (χ1v) is 6.49. The van der Waals surface area contributed by atoms with Crippen molar-refractivity contribution in [1.82, 2.24) is 5.32 Å². The lowest BCUT2D eigenvalue weighted by molar-refractivity contribution is 0.191. The van der Waals surface area contributed by atoms with Crippen molar-refractivity contribution in [3.8, 4) is 5.75 Å².